The zero-order valence-electron chi connectivity index (χ0n) is 8.45. The Morgan fingerprint density at radius 1 is 1.64 bits per heavy atom. The second-order valence-corrected chi connectivity index (χ2v) is 3.02. The molecule has 0 aromatic heterocycles. The maximum absolute atomic E-state index is 10.9. The lowest BCUT2D eigenvalue weighted by Gasteiger charge is -2.23. The van der Waals surface area contributed by atoms with E-state index in [4.69, 9.17) is 14.2 Å². The fraction of sp³-hybridized carbons (Fsp3) is 0.889. The number of carbonyl (C=O) groups excluding carboxylic acids is 1. The molecule has 0 bridgehead atoms. The van der Waals surface area contributed by atoms with E-state index in [-0.39, 0.29) is 18.7 Å². The highest BCUT2D eigenvalue weighted by Crippen LogP contribution is 1.96. The molecule has 82 valence electrons. The summed E-state index contributed by atoms with van der Waals surface area (Å²) in [6, 6.07) is 0. The summed E-state index contributed by atoms with van der Waals surface area (Å²) in [5, 5.41) is 3.18. The molecule has 1 fully saturated rings. The van der Waals surface area contributed by atoms with Gasteiger partial charge >= 0.3 is 5.97 Å². The second kappa shape index (κ2) is 6.75. The van der Waals surface area contributed by atoms with Crippen LogP contribution in [0.25, 0.3) is 0 Å². The minimum atomic E-state index is -0.323. The van der Waals surface area contributed by atoms with Gasteiger partial charge in [0.05, 0.1) is 25.9 Å². The first-order valence-corrected chi connectivity index (χ1v) is 4.88. The van der Waals surface area contributed by atoms with E-state index in [9.17, 15) is 4.79 Å². The molecule has 0 spiro atoms. The molecule has 1 atom stereocenters. The Morgan fingerprint density at radius 3 is 3.14 bits per heavy atom. The van der Waals surface area contributed by atoms with Crippen LogP contribution in [-0.2, 0) is 19.0 Å². The van der Waals surface area contributed by atoms with Crippen molar-refractivity contribution in [2.75, 3.05) is 39.5 Å². The predicted octanol–water partition coefficient (Wildman–Crippen LogP) is -0.445. The van der Waals surface area contributed by atoms with Crippen LogP contribution >= 0.6 is 0 Å². The summed E-state index contributed by atoms with van der Waals surface area (Å²) >= 11 is 0. The van der Waals surface area contributed by atoms with Crippen molar-refractivity contribution in [3.8, 4) is 0 Å². The van der Waals surface area contributed by atoms with Gasteiger partial charge in [0.2, 0.25) is 0 Å². The number of morpholine rings is 1. The van der Waals surface area contributed by atoms with Crippen LogP contribution in [-0.4, -0.2) is 51.6 Å². The largest absolute Gasteiger partial charge is 0.464 e. The highest BCUT2D eigenvalue weighted by Gasteiger charge is 2.13. The average Bonchev–Trinajstić information content (AvgIpc) is 2.20. The summed E-state index contributed by atoms with van der Waals surface area (Å²) in [7, 11) is 0. The Balaban J connectivity index is 1.99. The van der Waals surface area contributed by atoms with Crippen LogP contribution in [0.2, 0.25) is 0 Å². The third kappa shape index (κ3) is 4.55. The minimum absolute atomic E-state index is 0.00764. The molecular weight excluding hydrogens is 186 g/mol. The van der Waals surface area contributed by atoms with Crippen LogP contribution in [0.4, 0.5) is 0 Å². The van der Waals surface area contributed by atoms with Crippen LogP contribution in [0.15, 0.2) is 0 Å². The van der Waals surface area contributed by atoms with E-state index in [0.717, 1.165) is 13.1 Å². The van der Waals surface area contributed by atoms with Gasteiger partial charge < -0.3 is 19.5 Å². The van der Waals surface area contributed by atoms with Crippen LogP contribution in [0.3, 0.4) is 0 Å². The lowest BCUT2D eigenvalue weighted by Crippen LogP contribution is -2.41. The standard InChI is InChI=1S/C9H17NO4/c1-2-13-9(11)7-12-6-8-5-10-3-4-14-8/h8,10H,2-7H2,1H3/t8-/m1/s1. The van der Waals surface area contributed by atoms with Crippen molar-refractivity contribution in [3.05, 3.63) is 0 Å². The Bertz CT molecular complexity index is 168. The van der Waals surface area contributed by atoms with Crippen LogP contribution in [0.5, 0.6) is 0 Å². The van der Waals surface area contributed by atoms with Crippen molar-refractivity contribution >= 4 is 5.97 Å². The fourth-order valence-electron chi connectivity index (χ4n) is 1.20. The smallest absolute Gasteiger partial charge is 0.332 e. The van der Waals surface area contributed by atoms with Gasteiger partial charge in [-0.2, -0.15) is 0 Å². The third-order valence-electron chi connectivity index (χ3n) is 1.83. The molecule has 0 aromatic rings. The molecule has 1 rings (SSSR count). The summed E-state index contributed by atoms with van der Waals surface area (Å²) < 4.78 is 15.2. The summed E-state index contributed by atoms with van der Waals surface area (Å²) in [4.78, 5) is 10.9. The lowest BCUT2D eigenvalue weighted by molar-refractivity contribution is -0.150. The van der Waals surface area contributed by atoms with Gasteiger partial charge in [-0.05, 0) is 6.92 Å². The van der Waals surface area contributed by atoms with Gasteiger partial charge in [-0.25, -0.2) is 4.79 Å². The van der Waals surface area contributed by atoms with E-state index in [1.54, 1.807) is 6.92 Å². The molecule has 0 unspecified atom stereocenters. The molecule has 0 saturated carbocycles. The molecule has 0 radical (unpaired) electrons. The first-order valence-electron chi connectivity index (χ1n) is 4.88. The fourth-order valence-corrected chi connectivity index (χ4v) is 1.20. The van der Waals surface area contributed by atoms with E-state index in [1.165, 1.54) is 0 Å². The molecule has 14 heavy (non-hydrogen) atoms. The van der Waals surface area contributed by atoms with Crippen molar-refractivity contribution in [3.63, 3.8) is 0 Å². The Labute approximate surface area is 83.7 Å². The maximum atomic E-state index is 10.9. The molecule has 1 N–H and O–H groups in total. The Morgan fingerprint density at radius 2 is 2.50 bits per heavy atom. The number of nitrogens with one attached hydrogen (secondary N) is 1. The van der Waals surface area contributed by atoms with Gasteiger partial charge in [0.15, 0.2) is 0 Å². The van der Waals surface area contributed by atoms with E-state index >= 15 is 0 Å². The monoisotopic (exact) mass is 203 g/mol. The van der Waals surface area contributed by atoms with Gasteiger partial charge in [0, 0.05) is 13.1 Å². The van der Waals surface area contributed by atoms with Gasteiger partial charge in [-0.1, -0.05) is 0 Å². The van der Waals surface area contributed by atoms with Crippen molar-refractivity contribution in [1.29, 1.82) is 0 Å². The molecule has 0 amide bonds. The molecular formula is C9H17NO4. The number of ether oxygens (including phenoxy) is 3. The van der Waals surface area contributed by atoms with Gasteiger partial charge in [0.1, 0.15) is 6.61 Å². The number of carbonyl (C=O) groups is 1. The molecule has 0 aromatic carbocycles. The molecule has 1 aliphatic rings. The summed E-state index contributed by atoms with van der Waals surface area (Å²) in [6.07, 6.45) is 0.0539. The maximum Gasteiger partial charge on any atom is 0.332 e. The van der Waals surface area contributed by atoms with Crippen molar-refractivity contribution in [1.82, 2.24) is 5.32 Å². The van der Waals surface area contributed by atoms with E-state index in [1.807, 2.05) is 0 Å². The van der Waals surface area contributed by atoms with Crippen LogP contribution < -0.4 is 5.32 Å². The Kier molecular flexibility index (Phi) is 5.51. The van der Waals surface area contributed by atoms with Crippen molar-refractivity contribution < 1.29 is 19.0 Å². The summed E-state index contributed by atoms with van der Waals surface area (Å²) in [5.74, 6) is -0.323. The number of rotatable bonds is 5. The molecule has 5 heteroatoms. The SMILES string of the molecule is CCOC(=O)COC[C@H]1CNCCO1. The van der Waals surface area contributed by atoms with Crippen LogP contribution in [0.1, 0.15) is 6.92 Å². The Hall–Kier alpha value is -0.650. The number of hydrogen-bond donors (Lipinski definition) is 1. The predicted molar refractivity (Wildman–Crippen MR) is 50.1 cm³/mol. The zero-order valence-corrected chi connectivity index (χ0v) is 8.45. The average molecular weight is 203 g/mol. The highest BCUT2D eigenvalue weighted by molar-refractivity contribution is 5.70. The molecule has 1 heterocycles. The topological polar surface area (TPSA) is 56.8 Å². The van der Waals surface area contributed by atoms with E-state index in [2.05, 4.69) is 5.32 Å². The first-order chi connectivity index (χ1) is 6.83. The van der Waals surface area contributed by atoms with Gasteiger partial charge in [-0.3, -0.25) is 0 Å². The molecule has 1 saturated heterocycles. The third-order valence-corrected chi connectivity index (χ3v) is 1.83. The van der Waals surface area contributed by atoms with Gasteiger partial charge in [0.25, 0.3) is 0 Å². The highest BCUT2D eigenvalue weighted by atomic mass is 16.6. The van der Waals surface area contributed by atoms with E-state index in [0.29, 0.717) is 19.8 Å². The summed E-state index contributed by atoms with van der Waals surface area (Å²) in [6.45, 7) is 4.97. The van der Waals surface area contributed by atoms with E-state index < -0.39 is 0 Å². The molecule has 1 aliphatic heterocycles. The number of esters is 1. The normalized spacial score (nSPS) is 21.9. The van der Waals surface area contributed by atoms with Gasteiger partial charge in [-0.15, -0.1) is 0 Å². The molecule has 5 nitrogen and oxygen atoms in total. The lowest BCUT2D eigenvalue weighted by atomic mass is 10.3. The van der Waals surface area contributed by atoms with Crippen LogP contribution in [0, 0.1) is 0 Å². The summed E-state index contributed by atoms with van der Waals surface area (Å²) in [5.41, 5.74) is 0. The first kappa shape index (κ1) is 11.4. The van der Waals surface area contributed by atoms with Crippen molar-refractivity contribution in [2.45, 2.75) is 13.0 Å². The minimum Gasteiger partial charge on any atom is -0.464 e. The quantitative estimate of drug-likeness (QED) is 0.614. The van der Waals surface area contributed by atoms with Crippen molar-refractivity contribution in [2.24, 2.45) is 0 Å². The molecule has 0 aliphatic carbocycles. The zero-order chi connectivity index (χ0) is 10.2. The second-order valence-electron chi connectivity index (χ2n) is 3.02. The number of hydrogen-bond acceptors (Lipinski definition) is 5.